The number of carbonyl (C=O) groups is 2. The van der Waals surface area contributed by atoms with E-state index in [1.165, 1.54) is 12.1 Å². The van der Waals surface area contributed by atoms with E-state index in [1.54, 1.807) is 48.5 Å². The van der Waals surface area contributed by atoms with Gasteiger partial charge in [-0.25, -0.2) is 9.37 Å². The van der Waals surface area contributed by atoms with E-state index in [0.29, 0.717) is 41.3 Å². The maximum absolute atomic E-state index is 13.6. The molecule has 0 aliphatic carbocycles. The summed E-state index contributed by atoms with van der Waals surface area (Å²) in [6.45, 7) is 3.12. The van der Waals surface area contributed by atoms with Gasteiger partial charge in [0, 0.05) is 36.8 Å². The van der Waals surface area contributed by atoms with Gasteiger partial charge in [0.2, 0.25) is 0 Å². The molecule has 0 saturated carbocycles. The van der Waals surface area contributed by atoms with Crippen molar-refractivity contribution in [3.8, 4) is 11.3 Å². The Morgan fingerprint density at radius 3 is 2.72 bits per heavy atom. The summed E-state index contributed by atoms with van der Waals surface area (Å²) in [6, 6.07) is 13.0. The summed E-state index contributed by atoms with van der Waals surface area (Å²) < 4.78 is 13.6. The fraction of sp³-hybridized carbons (Fsp3) is 0.320. The number of nitrogens with zero attached hydrogens (tertiary/aromatic N) is 3. The molecule has 2 heterocycles. The van der Waals surface area contributed by atoms with Crippen LogP contribution in [0.3, 0.4) is 0 Å². The van der Waals surface area contributed by atoms with E-state index in [0.717, 1.165) is 19.3 Å². The molecule has 1 unspecified atom stereocenters. The van der Waals surface area contributed by atoms with Crippen molar-refractivity contribution >= 4 is 11.8 Å². The Kier molecular flexibility index (Phi) is 6.35. The highest BCUT2D eigenvalue weighted by Crippen LogP contribution is 2.32. The first-order valence-corrected chi connectivity index (χ1v) is 10.9. The van der Waals surface area contributed by atoms with Crippen molar-refractivity contribution in [2.75, 3.05) is 20.1 Å². The number of piperidine rings is 1. The minimum atomic E-state index is -0.309. The molecule has 1 atom stereocenters. The van der Waals surface area contributed by atoms with Crippen molar-refractivity contribution < 1.29 is 14.0 Å². The second-order valence-corrected chi connectivity index (χ2v) is 8.10. The van der Waals surface area contributed by atoms with E-state index >= 15 is 0 Å². The molecule has 3 aromatic rings. The number of halogens is 1. The number of nitrogens with one attached hydrogen (secondary N) is 1. The van der Waals surface area contributed by atoms with Crippen LogP contribution in [-0.4, -0.2) is 51.7 Å². The maximum atomic E-state index is 13.6. The lowest BCUT2D eigenvalue weighted by atomic mass is 9.99. The second kappa shape index (κ2) is 9.34. The standard InChI is InChI=1S/C25H27FN4O2/c1-3-29(2)24(31)18-9-6-10-19(14-18)25(32)30-13-5-4-12-22(30)23-27-16-21(28-23)17-8-7-11-20(26)15-17/h6-11,14-16,22H,3-5,12-13H2,1-2H3,(H,27,28). The van der Waals surface area contributed by atoms with Gasteiger partial charge in [-0.1, -0.05) is 18.2 Å². The summed E-state index contributed by atoms with van der Waals surface area (Å²) in [5.41, 5.74) is 2.42. The van der Waals surface area contributed by atoms with Crippen molar-refractivity contribution in [3.05, 3.63) is 77.5 Å². The molecule has 0 radical (unpaired) electrons. The Bertz CT molecular complexity index is 1130. The summed E-state index contributed by atoms with van der Waals surface area (Å²) >= 11 is 0. The zero-order valence-corrected chi connectivity index (χ0v) is 18.3. The fourth-order valence-corrected chi connectivity index (χ4v) is 4.08. The quantitative estimate of drug-likeness (QED) is 0.634. The largest absolute Gasteiger partial charge is 0.342 e. The lowest BCUT2D eigenvalue weighted by Crippen LogP contribution is -2.39. The van der Waals surface area contributed by atoms with E-state index < -0.39 is 0 Å². The second-order valence-electron chi connectivity index (χ2n) is 8.10. The summed E-state index contributed by atoms with van der Waals surface area (Å²) in [6.07, 6.45) is 4.38. The third kappa shape index (κ3) is 4.42. The number of aromatic nitrogens is 2. The van der Waals surface area contributed by atoms with Gasteiger partial charge in [0.25, 0.3) is 11.8 Å². The van der Waals surface area contributed by atoms with Crippen molar-refractivity contribution in [2.45, 2.75) is 32.2 Å². The van der Waals surface area contributed by atoms with Crippen molar-refractivity contribution in [1.82, 2.24) is 19.8 Å². The number of rotatable bonds is 5. The number of aromatic amines is 1. The molecule has 0 bridgehead atoms. The zero-order valence-electron chi connectivity index (χ0n) is 18.3. The molecule has 1 aromatic heterocycles. The van der Waals surface area contributed by atoms with Gasteiger partial charge in [-0.05, 0) is 56.5 Å². The number of likely N-dealkylation sites (tertiary alicyclic amines) is 1. The smallest absolute Gasteiger partial charge is 0.254 e. The summed E-state index contributed by atoms with van der Waals surface area (Å²) in [7, 11) is 1.74. The molecule has 0 spiro atoms. The van der Waals surface area contributed by atoms with Crippen LogP contribution in [0.15, 0.2) is 54.7 Å². The van der Waals surface area contributed by atoms with E-state index in [1.807, 2.05) is 17.9 Å². The summed E-state index contributed by atoms with van der Waals surface area (Å²) in [5.74, 6) is 0.154. The van der Waals surface area contributed by atoms with Crippen LogP contribution in [0.2, 0.25) is 0 Å². The van der Waals surface area contributed by atoms with E-state index in [2.05, 4.69) is 9.97 Å². The van der Waals surface area contributed by atoms with Gasteiger partial charge in [0.15, 0.2) is 0 Å². The Morgan fingerprint density at radius 1 is 1.16 bits per heavy atom. The molecular formula is C25H27FN4O2. The Hall–Kier alpha value is -3.48. The van der Waals surface area contributed by atoms with Gasteiger partial charge in [-0.3, -0.25) is 9.59 Å². The van der Waals surface area contributed by atoms with Gasteiger partial charge in [0.1, 0.15) is 11.6 Å². The predicted molar refractivity (Wildman–Crippen MR) is 121 cm³/mol. The Balaban J connectivity index is 1.59. The first-order chi connectivity index (χ1) is 15.5. The predicted octanol–water partition coefficient (Wildman–Crippen LogP) is 4.68. The van der Waals surface area contributed by atoms with E-state index in [-0.39, 0.29) is 23.7 Å². The van der Waals surface area contributed by atoms with Crippen molar-refractivity contribution in [3.63, 3.8) is 0 Å². The van der Waals surface area contributed by atoms with Gasteiger partial charge in [-0.15, -0.1) is 0 Å². The van der Waals surface area contributed by atoms with Crippen LogP contribution in [0, 0.1) is 5.82 Å². The molecule has 2 amide bonds. The van der Waals surface area contributed by atoms with Gasteiger partial charge in [0.05, 0.1) is 17.9 Å². The Labute approximate surface area is 187 Å². The molecule has 32 heavy (non-hydrogen) atoms. The summed E-state index contributed by atoms with van der Waals surface area (Å²) in [5, 5.41) is 0. The van der Waals surface area contributed by atoms with Crippen LogP contribution >= 0.6 is 0 Å². The number of amides is 2. The number of H-pyrrole nitrogens is 1. The first kappa shape index (κ1) is 21.7. The summed E-state index contributed by atoms with van der Waals surface area (Å²) in [4.78, 5) is 37.2. The number of hydrogen-bond acceptors (Lipinski definition) is 3. The molecule has 1 saturated heterocycles. The molecule has 1 fully saturated rings. The molecule has 6 nitrogen and oxygen atoms in total. The van der Waals surface area contributed by atoms with Crippen LogP contribution in [-0.2, 0) is 0 Å². The molecule has 166 valence electrons. The molecule has 1 aliphatic heterocycles. The number of benzene rings is 2. The maximum Gasteiger partial charge on any atom is 0.254 e. The number of carbonyl (C=O) groups excluding carboxylic acids is 2. The highest BCUT2D eigenvalue weighted by atomic mass is 19.1. The first-order valence-electron chi connectivity index (χ1n) is 10.9. The average molecular weight is 435 g/mol. The van der Waals surface area contributed by atoms with E-state index in [4.69, 9.17) is 0 Å². The van der Waals surface area contributed by atoms with E-state index in [9.17, 15) is 14.0 Å². The Morgan fingerprint density at radius 2 is 1.94 bits per heavy atom. The highest BCUT2D eigenvalue weighted by Gasteiger charge is 2.31. The molecule has 7 heteroatoms. The molecule has 4 rings (SSSR count). The van der Waals surface area contributed by atoms with Crippen LogP contribution in [0.1, 0.15) is 58.8 Å². The SMILES string of the molecule is CCN(C)C(=O)c1cccc(C(=O)N2CCCCC2c2ncc(-c3cccc(F)c3)[nH]2)c1. The number of hydrogen-bond donors (Lipinski definition) is 1. The van der Waals surface area contributed by atoms with Gasteiger partial charge >= 0.3 is 0 Å². The number of imidazole rings is 1. The van der Waals surface area contributed by atoms with Crippen LogP contribution in [0.4, 0.5) is 4.39 Å². The molecule has 1 aliphatic rings. The minimum Gasteiger partial charge on any atom is -0.342 e. The normalized spacial score (nSPS) is 16.1. The van der Waals surface area contributed by atoms with Crippen LogP contribution in [0.25, 0.3) is 11.3 Å². The van der Waals surface area contributed by atoms with Crippen molar-refractivity contribution in [2.24, 2.45) is 0 Å². The third-order valence-corrected chi connectivity index (χ3v) is 5.99. The van der Waals surface area contributed by atoms with Crippen molar-refractivity contribution in [1.29, 1.82) is 0 Å². The van der Waals surface area contributed by atoms with Crippen LogP contribution < -0.4 is 0 Å². The average Bonchev–Trinajstić information content (AvgIpc) is 3.33. The molecule has 2 aromatic carbocycles. The molecule has 1 N–H and O–H groups in total. The minimum absolute atomic E-state index is 0.108. The van der Waals surface area contributed by atoms with Crippen LogP contribution in [0.5, 0.6) is 0 Å². The topological polar surface area (TPSA) is 69.3 Å². The fourth-order valence-electron chi connectivity index (χ4n) is 4.08. The zero-order chi connectivity index (χ0) is 22.7. The highest BCUT2D eigenvalue weighted by molar-refractivity contribution is 5.99. The van der Waals surface area contributed by atoms with Gasteiger partial charge < -0.3 is 14.8 Å². The molecular weight excluding hydrogens is 407 g/mol. The van der Waals surface area contributed by atoms with Gasteiger partial charge in [-0.2, -0.15) is 0 Å². The monoisotopic (exact) mass is 434 g/mol. The third-order valence-electron chi connectivity index (χ3n) is 5.99. The lowest BCUT2D eigenvalue weighted by Gasteiger charge is -2.34. The lowest BCUT2D eigenvalue weighted by molar-refractivity contribution is 0.0601.